The summed E-state index contributed by atoms with van der Waals surface area (Å²) in [4.78, 5) is 23.3. The van der Waals surface area contributed by atoms with Crippen LogP contribution >= 0.6 is 0 Å². The van der Waals surface area contributed by atoms with Gasteiger partial charge in [0.25, 0.3) is 0 Å². The summed E-state index contributed by atoms with van der Waals surface area (Å²) in [6.45, 7) is 9.29. The van der Waals surface area contributed by atoms with Crippen LogP contribution in [0.25, 0.3) is 0 Å². The number of amides is 2. The van der Waals surface area contributed by atoms with Crippen LogP contribution in [0.2, 0.25) is 0 Å². The first-order chi connectivity index (χ1) is 7.67. The second-order valence-electron chi connectivity index (χ2n) is 5.36. The van der Waals surface area contributed by atoms with Crippen LogP contribution in [0.15, 0.2) is 0 Å². The second-order valence-corrected chi connectivity index (χ2v) is 5.36. The Morgan fingerprint density at radius 1 is 1.24 bits per heavy atom. The van der Waals surface area contributed by atoms with Gasteiger partial charge in [0.15, 0.2) is 0 Å². The maximum Gasteiger partial charge on any atom is 0.242 e. The topological polar surface area (TPSA) is 84.2 Å². The van der Waals surface area contributed by atoms with E-state index in [0.717, 1.165) is 6.42 Å². The first-order valence-electron chi connectivity index (χ1n) is 6.05. The van der Waals surface area contributed by atoms with Crippen molar-refractivity contribution in [1.82, 2.24) is 10.6 Å². The maximum atomic E-state index is 11.7. The minimum Gasteiger partial charge on any atom is -0.350 e. The summed E-state index contributed by atoms with van der Waals surface area (Å²) in [5.41, 5.74) is 5.36. The van der Waals surface area contributed by atoms with Crippen LogP contribution < -0.4 is 16.4 Å². The van der Waals surface area contributed by atoms with Crippen LogP contribution in [0.1, 0.15) is 47.5 Å². The quantitative estimate of drug-likeness (QED) is 0.658. The van der Waals surface area contributed by atoms with Gasteiger partial charge in [-0.3, -0.25) is 9.59 Å². The molecule has 2 amide bonds. The highest BCUT2D eigenvalue weighted by Gasteiger charge is 2.22. The number of nitrogens with one attached hydrogen (secondary N) is 2. The van der Waals surface area contributed by atoms with E-state index in [2.05, 4.69) is 10.6 Å². The normalized spacial score (nSPS) is 14.9. The lowest BCUT2D eigenvalue weighted by Crippen LogP contribution is -2.53. The van der Waals surface area contributed by atoms with Gasteiger partial charge < -0.3 is 16.4 Å². The van der Waals surface area contributed by atoms with Crippen molar-refractivity contribution in [2.24, 2.45) is 5.73 Å². The zero-order chi connectivity index (χ0) is 13.6. The molecule has 0 rings (SSSR count). The molecule has 0 heterocycles. The summed E-state index contributed by atoms with van der Waals surface area (Å²) < 4.78 is 0. The SMILES string of the molecule is CCC[C@H](N)C(=O)NC(C)C(=O)NC(C)(C)C. The molecule has 17 heavy (non-hydrogen) atoms. The molecule has 0 aliphatic heterocycles. The van der Waals surface area contributed by atoms with Crippen LogP contribution in [0, 0.1) is 0 Å². The van der Waals surface area contributed by atoms with E-state index in [1.54, 1.807) is 6.92 Å². The summed E-state index contributed by atoms with van der Waals surface area (Å²) in [5.74, 6) is -0.474. The Balaban J connectivity index is 4.21. The van der Waals surface area contributed by atoms with E-state index >= 15 is 0 Å². The lowest BCUT2D eigenvalue weighted by molar-refractivity contribution is -0.130. The largest absolute Gasteiger partial charge is 0.350 e. The molecule has 5 nitrogen and oxygen atoms in total. The van der Waals surface area contributed by atoms with Crippen LogP contribution in [0.4, 0.5) is 0 Å². The molecule has 0 spiro atoms. The molecule has 1 unspecified atom stereocenters. The van der Waals surface area contributed by atoms with Crippen LogP contribution in [-0.4, -0.2) is 29.4 Å². The highest BCUT2D eigenvalue weighted by molar-refractivity contribution is 5.89. The summed E-state index contributed by atoms with van der Waals surface area (Å²) in [5, 5.41) is 5.41. The number of rotatable bonds is 5. The molecule has 0 saturated carbocycles. The molecule has 4 N–H and O–H groups in total. The van der Waals surface area contributed by atoms with E-state index in [-0.39, 0.29) is 17.4 Å². The summed E-state index contributed by atoms with van der Waals surface area (Å²) in [6.07, 6.45) is 1.47. The van der Waals surface area contributed by atoms with Crippen LogP contribution in [0.3, 0.4) is 0 Å². The molecule has 0 aromatic carbocycles. The zero-order valence-electron chi connectivity index (χ0n) is 11.5. The predicted octanol–water partition coefficient (Wildman–Crippen LogP) is 0.533. The van der Waals surface area contributed by atoms with Gasteiger partial charge in [0.05, 0.1) is 6.04 Å². The van der Waals surface area contributed by atoms with Gasteiger partial charge >= 0.3 is 0 Å². The number of hydrogen-bond acceptors (Lipinski definition) is 3. The number of nitrogens with two attached hydrogens (primary N) is 1. The van der Waals surface area contributed by atoms with Crippen molar-refractivity contribution in [2.75, 3.05) is 0 Å². The Morgan fingerprint density at radius 3 is 2.18 bits per heavy atom. The molecule has 2 atom stereocenters. The van der Waals surface area contributed by atoms with Gasteiger partial charge in [-0.05, 0) is 34.1 Å². The van der Waals surface area contributed by atoms with Gasteiger partial charge in [-0.2, -0.15) is 0 Å². The molecule has 0 aromatic rings. The van der Waals surface area contributed by atoms with Gasteiger partial charge in [0, 0.05) is 5.54 Å². The average Bonchev–Trinajstić information content (AvgIpc) is 2.15. The van der Waals surface area contributed by atoms with Crippen molar-refractivity contribution in [3.63, 3.8) is 0 Å². The smallest absolute Gasteiger partial charge is 0.242 e. The van der Waals surface area contributed by atoms with Crippen LogP contribution in [-0.2, 0) is 9.59 Å². The van der Waals surface area contributed by atoms with Gasteiger partial charge in [-0.25, -0.2) is 0 Å². The first-order valence-corrected chi connectivity index (χ1v) is 6.05. The molecular weight excluding hydrogens is 218 g/mol. The van der Waals surface area contributed by atoms with E-state index in [1.165, 1.54) is 0 Å². The summed E-state index contributed by atoms with van der Waals surface area (Å²) in [6, 6.07) is -1.10. The molecule has 100 valence electrons. The summed E-state index contributed by atoms with van der Waals surface area (Å²) >= 11 is 0. The third-order valence-electron chi connectivity index (χ3n) is 2.19. The van der Waals surface area contributed by atoms with Crippen LogP contribution in [0.5, 0.6) is 0 Å². The molecule has 0 bridgehead atoms. The fourth-order valence-electron chi connectivity index (χ4n) is 1.31. The van der Waals surface area contributed by atoms with E-state index in [9.17, 15) is 9.59 Å². The Morgan fingerprint density at radius 2 is 1.76 bits per heavy atom. The molecule has 0 aliphatic carbocycles. The third kappa shape index (κ3) is 6.94. The van der Waals surface area contributed by atoms with Crippen molar-refractivity contribution in [1.29, 1.82) is 0 Å². The lowest BCUT2D eigenvalue weighted by Gasteiger charge is -2.24. The minimum atomic E-state index is -0.565. The molecule has 0 aromatic heterocycles. The predicted molar refractivity (Wildman–Crippen MR) is 68.4 cm³/mol. The second kappa shape index (κ2) is 6.59. The monoisotopic (exact) mass is 243 g/mol. The van der Waals surface area contributed by atoms with Gasteiger partial charge in [0.2, 0.25) is 11.8 Å². The average molecular weight is 243 g/mol. The maximum absolute atomic E-state index is 11.7. The van der Waals surface area contributed by atoms with Crippen molar-refractivity contribution in [2.45, 2.75) is 65.1 Å². The van der Waals surface area contributed by atoms with E-state index in [1.807, 2.05) is 27.7 Å². The lowest BCUT2D eigenvalue weighted by atomic mass is 10.1. The fourth-order valence-corrected chi connectivity index (χ4v) is 1.31. The third-order valence-corrected chi connectivity index (χ3v) is 2.19. The van der Waals surface area contributed by atoms with Gasteiger partial charge in [0.1, 0.15) is 6.04 Å². The summed E-state index contributed by atoms with van der Waals surface area (Å²) in [7, 11) is 0. The highest BCUT2D eigenvalue weighted by atomic mass is 16.2. The molecular formula is C12H25N3O2. The molecule has 0 saturated heterocycles. The molecule has 0 aliphatic rings. The number of carbonyl (C=O) groups excluding carboxylic acids is 2. The molecule has 0 radical (unpaired) electrons. The standard InChI is InChI=1S/C12H25N3O2/c1-6-7-9(13)11(17)14-8(2)10(16)15-12(3,4)5/h8-9H,6-7,13H2,1-5H3,(H,14,17)(H,15,16)/t8?,9-/m0/s1. The Labute approximate surface area is 104 Å². The number of carbonyl (C=O) groups is 2. The van der Waals surface area contributed by atoms with E-state index in [0.29, 0.717) is 6.42 Å². The van der Waals surface area contributed by atoms with Crippen molar-refractivity contribution < 1.29 is 9.59 Å². The van der Waals surface area contributed by atoms with Gasteiger partial charge in [-0.15, -0.1) is 0 Å². The van der Waals surface area contributed by atoms with E-state index in [4.69, 9.17) is 5.73 Å². The Kier molecular flexibility index (Phi) is 6.16. The highest BCUT2D eigenvalue weighted by Crippen LogP contribution is 2.00. The van der Waals surface area contributed by atoms with Crippen molar-refractivity contribution in [3.05, 3.63) is 0 Å². The first kappa shape index (κ1) is 15.9. The molecule has 0 fully saturated rings. The van der Waals surface area contributed by atoms with Gasteiger partial charge in [-0.1, -0.05) is 13.3 Å². The minimum absolute atomic E-state index is 0.199. The molecule has 5 heteroatoms. The van der Waals surface area contributed by atoms with Crippen molar-refractivity contribution in [3.8, 4) is 0 Å². The van der Waals surface area contributed by atoms with Crippen molar-refractivity contribution >= 4 is 11.8 Å². The Hall–Kier alpha value is -1.10. The fraction of sp³-hybridized carbons (Fsp3) is 0.833. The number of hydrogen-bond donors (Lipinski definition) is 3. The van der Waals surface area contributed by atoms with E-state index < -0.39 is 12.1 Å². The zero-order valence-corrected chi connectivity index (χ0v) is 11.5. The Bertz CT molecular complexity index is 271.